The topological polar surface area (TPSA) is 52.9 Å². The molecule has 0 spiro atoms. The Labute approximate surface area is 130 Å². The van der Waals surface area contributed by atoms with Crippen molar-refractivity contribution in [2.45, 2.75) is 51.4 Å². The van der Waals surface area contributed by atoms with E-state index >= 15 is 0 Å². The SMILES string of the molecule is N#Cc1c2c(c3c(c1NC(=O)CCl)CCCC3)CCCC2. The maximum Gasteiger partial charge on any atom is 0.239 e. The number of hydrogen-bond donors (Lipinski definition) is 1. The van der Waals surface area contributed by atoms with E-state index in [1.54, 1.807) is 0 Å². The second-order valence-corrected chi connectivity index (χ2v) is 6.14. The first kappa shape index (κ1) is 14.4. The van der Waals surface area contributed by atoms with Crippen molar-refractivity contribution in [2.24, 2.45) is 0 Å². The number of alkyl halides is 1. The van der Waals surface area contributed by atoms with Gasteiger partial charge in [0.15, 0.2) is 0 Å². The van der Waals surface area contributed by atoms with Crippen LogP contribution in [0.5, 0.6) is 0 Å². The second-order valence-electron chi connectivity index (χ2n) is 5.87. The minimum atomic E-state index is -0.225. The van der Waals surface area contributed by atoms with Crippen molar-refractivity contribution in [3.63, 3.8) is 0 Å². The summed E-state index contributed by atoms with van der Waals surface area (Å²) >= 11 is 5.63. The molecule has 2 aliphatic rings. The third-order valence-corrected chi connectivity index (χ3v) is 4.89. The Bertz CT molecular complexity index is 631. The van der Waals surface area contributed by atoms with Gasteiger partial charge in [0, 0.05) is 0 Å². The molecule has 3 nitrogen and oxygen atoms in total. The van der Waals surface area contributed by atoms with Crippen LogP contribution in [0.3, 0.4) is 0 Å². The molecule has 0 heterocycles. The maximum absolute atomic E-state index is 11.8. The van der Waals surface area contributed by atoms with Gasteiger partial charge in [-0.3, -0.25) is 4.79 Å². The smallest absolute Gasteiger partial charge is 0.239 e. The molecule has 0 bridgehead atoms. The number of fused-ring (bicyclic) bond motifs is 3. The molecule has 1 amide bonds. The van der Waals surface area contributed by atoms with Gasteiger partial charge >= 0.3 is 0 Å². The summed E-state index contributed by atoms with van der Waals surface area (Å²) in [6.45, 7) is 0. The van der Waals surface area contributed by atoms with Crippen LogP contribution in [-0.2, 0) is 30.5 Å². The van der Waals surface area contributed by atoms with Gasteiger partial charge < -0.3 is 5.32 Å². The van der Waals surface area contributed by atoms with Crippen molar-refractivity contribution >= 4 is 23.2 Å². The van der Waals surface area contributed by atoms with E-state index in [-0.39, 0.29) is 11.8 Å². The fraction of sp³-hybridized carbons (Fsp3) is 0.529. The first-order valence-electron chi connectivity index (χ1n) is 7.71. The molecule has 21 heavy (non-hydrogen) atoms. The zero-order chi connectivity index (χ0) is 14.8. The lowest BCUT2D eigenvalue weighted by atomic mass is 9.77. The molecule has 110 valence electrons. The fourth-order valence-electron chi connectivity index (χ4n) is 3.76. The highest BCUT2D eigenvalue weighted by Crippen LogP contribution is 2.39. The number of nitrogens with zero attached hydrogens (tertiary/aromatic N) is 1. The third kappa shape index (κ3) is 2.53. The lowest BCUT2D eigenvalue weighted by Gasteiger charge is -2.29. The van der Waals surface area contributed by atoms with E-state index in [1.807, 2.05) is 0 Å². The molecule has 1 N–H and O–H groups in total. The van der Waals surface area contributed by atoms with Gasteiger partial charge in [-0.25, -0.2) is 0 Å². The Morgan fingerprint density at radius 1 is 1.00 bits per heavy atom. The summed E-state index contributed by atoms with van der Waals surface area (Å²) in [6.07, 6.45) is 8.73. The molecule has 4 heteroatoms. The molecule has 0 saturated carbocycles. The molecule has 0 radical (unpaired) electrons. The molecule has 0 unspecified atom stereocenters. The Hall–Kier alpha value is -1.53. The molecule has 2 aliphatic carbocycles. The predicted octanol–water partition coefficient (Wildman–Crippen LogP) is 3.49. The minimum absolute atomic E-state index is 0.0727. The molecule has 0 aromatic heterocycles. The van der Waals surface area contributed by atoms with Crippen molar-refractivity contribution in [1.29, 1.82) is 5.26 Å². The average Bonchev–Trinajstić information content (AvgIpc) is 2.55. The van der Waals surface area contributed by atoms with E-state index in [4.69, 9.17) is 11.6 Å². The van der Waals surface area contributed by atoms with Gasteiger partial charge in [-0.2, -0.15) is 5.26 Å². The highest BCUT2D eigenvalue weighted by molar-refractivity contribution is 6.29. The number of anilines is 1. The van der Waals surface area contributed by atoms with E-state index in [0.717, 1.165) is 44.2 Å². The Morgan fingerprint density at radius 2 is 1.52 bits per heavy atom. The van der Waals surface area contributed by atoms with E-state index in [9.17, 15) is 10.1 Å². The second kappa shape index (κ2) is 6.07. The molecule has 3 rings (SSSR count). The van der Waals surface area contributed by atoms with Crippen LogP contribution in [0.2, 0.25) is 0 Å². The summed E-state index contributed by atoms with van der Waals surface area (Å²) in [6, 6.07) is 2.35. The van der Waals surface area contributed by atoms with Gasteiger partial charge in [-0.1, -0.05) is 0 Å². The molecule has 0 atom stereocenters. The lowest BCUT2D eigenvalue weighted by molar-refractivity contribution is -0.113. The molecular weight excluding hydrogens is 284 g/mol. The summed E-state index contributed by atoms with van der Waals surface area (Å²) in [5.74, 6) is -0.298. The van der Waals surface area contributed by atoms with Gasteiger partial charge in [0.25, 0.3) is 0 Å². The number of rotatable bonds is 2. The number of nitrogens with one attached hydrogen (secondary N) is 1. The molecule has 0 saturated heterocycles. The number of halogens is 1. The van der Waals surface area contributed by atoms with Crippen molar-refractivity contribution in [3.8, 4) is 6.07 Å². The fourth-order valence-corrected chi connectivity index (χ4v) is 3.83. The Balaban J connectivity index is 2.21. The van der Waals surface area contributed by atoms with Gasteiger partial charge in [-0.05, 0) is 73.6 Å². The average molecular weight is 303 g/mol. The first-order chi connectivity index (χ1) is 10.3. The summed E-state index contributed by atoms with van der Waals surface area (Å²) in [4.78, 5) is 11.8. The number of carbonyl (C=O) groups is 1. The number of amides is 1. The minimum Gasteiger partial charge on any atom is -0.324 e. The van der Waals surface area contributed by atoms with Crippen LogP contribution in [0, 0.1) is 11.3 Å². The van der Waals surface area contributed by atoms with Crippen LogP contribution in [0.1, 0.15) is 53.5 Å². The summed E-state index contributed by atoms with van der Waals surface area (Å²) in [7, 11) is 0. The zero-order valence-corrected chi connectivity index (χ0v) is 12.9. The summed E-state index contributed by atoms with van der Waals surface area (Å²) in [5.41, 5.74) is 6.60. The van der Waals surface area contributed by atoms with Crippen LogP contribution in [0.25, 0.3) is 0 Å². The standard InChI is InChI=1S/C17H19ClN2O/c18-9-16(21)20-17-14-8-4-3-6-12(14)11-5-1-2-7-13(11)15(17)10-19/h1-9H2,(H,20,21). The van der Waals surface area contributed by atoms with Gasteiger partial charge in [0.2, 0.25) is 5.91 Å². The predicted molar refractivity (Wildman–Crippen MR) is 83.8 cm³/mol. The highest BCUT2D eigenvalue weighted by Gasteiger charge is 2.27. The van der Waals surface area contributed by atoms with Crippen LogP contribution < -0.4 is 5.32 Å². The van der Waals surface area contributed by atoms with E-state index < -0.39 is 0 Å². The Morgan fingerprint density at radius 3 is 2.10 bits per heavy atom. The monoisotopic (exact) mass is 302 g/mol. The summed E-state index contributed by atoms with van der Waals surface area (Å²) in [5, 5.41) is 12.5. The van der Waals surface area contributed by atoms with Crippen molar-refractivity contribution in [1.82, 2.24) is 0 Å². The molecule has 0 aliphatic heterocycles. The number of benzene rings is 1. The van der Waals surface area contributed by atoms with E-state index in [2.05, 4.69) is 11.4 Å². The quantitative estimate of drug-likeness (QED) is 0.850. The first-order valence-corrected chi connectivity index (χ1v) is 8.25. The molecular formula is C17H19ClN2O. The summed E-state index contributed by atoms with van der Waals surface area (Å²) < 4.78 is 0. The molecule has 1 aromatic carbocycles. The van der Waals surface area contributed by atoms with Crippen LogP contribution in [0.15, 0.2) is 0 Å². The van der Waals surface area contributed by atoms with Crippen molar-refractivity contribution in [2.75, 3.05) is 11.2 Å². The van der Waals surface area contributed by atoms with E-state index in [0.29, 0.717) is 5.56 Å². The van der Waals surface area contributed by atoms with Crippen LogP contribution >= 0.6 is 11.6 Å². The third-order valence-electron chi connectivity index (χ3n) is 4.65. The van der Waals surface area contributed by atoms with Crippen molar-refractivity contribution < 1.29 is 4.79 Å². The Kier molecular flexibility index (Phi) is 4.17. The molecule has 0 fully saturated rings. The van der Waals surface area contributed by atoms with Crippen LogP contribution in [0.4, 0.5) is 5.69 Å². The maximum atomic E-state index is 11.8. The lowest BCUT2D eigenvalue weighted by Crippen LogP contribution is -2.21. The van der Waals surface area contributed by atoms with Gasteiger partial charge in [-0.15, -0.1) is 11.6 Å². The van der Waals surface area contributed by atoms with Crippen LogP contribution in [-0.4, -0.2) is 11.8 Å². The highest BCUT2D eigenvalue weighted by atomic mass is 35.5. The zero-order valence-electron chi connectivity index (χ0n) is 12.1. The van der Waals surface area contributed by atoms with Gasteiger partial charge in [0.1, 0.15) is 11.9 Å². The molecule has 1 aromatic rings. The van der Waals surface area contributed by atoms with E-state index in [1.165, 1.54) is 35.1 Å². The number of hydrogen-bond acceptors (Lipinski definition) is 2. The van der Waals surface area contributed by atoms with Gasteiger partial charge in [0.05, 0.1) is 11.3 Å². The normalized spacial score (nSPS) is 16.6. The largest absolute Gasteiger partial charge is 0.324 e. The van der Waals surface area contributed by atoms with Crippen molar-refractivity contribution in [3.05, 3.63) is 27.8 Å². The number of carbonyl (C=O) groups excluding carboxylic acids is 1. The number of nitriles is 1.